The maximum Gasteiger partial charge on any atom is 0.141 e. The topological polar surface area (TPSA) is 53.7 Å². The maximum atomic E-state index is 5.83. The van der Waals surface area contributed by atoms with Crippen LogP contribution in [0.15, 0.2) is 48.5 Å². The number of anilines is 1. The molecule has 0 amide bonds. The number of ether oxygens (including phenoxy) is 3. The third-order valence-corrected chi connectivity index (χ3v) is 2.80. The lowest BCUT2D eigenvalue weighted by Crippen LogP contribution is -2.06. The second-order valence-electron chi connectivity index (χ2n) is 4.29. The predicted octanol–water partition coefficient (Wildman–Crippen LogP) is 2.87. The van der Waals surface area contributed by atoms with Crippen LogP contribution in [0.25, 0.3) is 0 Å². The summed E-state index contributed by atoms with van der Waals surface area (Å²) in [6.07, 6.45) is 0. The van der Waals surface area contributed by atoms with Gasteiger partial charge in [0, 0.05) is 0 Å². The molecule has 0 spiro atoms. The summed E-state index contributed by atoms with van der Waals surface area (Å²) in [6, 6.07) is 15.3. The van der Waals surface area contributed by atoms with Crippen LogP contribution in [-0.4, -0.2) is 20.3 Å². The average molecular weight is 273 g/mol. The molecule has 0 aliphatic heterocycles. The summed E-state index contributed by atoms with van der Waals surface area (Å²) >= 11 is 0. The van der Waals surface area contributed by atoms with Crippen molar-refractivity contribution in [3.05, 3.63) is 54.1 Å². The smallest absolute Gasteiger partial charge is 0.141 e. The maximum absolute atomic E-state index is 5.83. The minimum atomic E-state index is 0.506. The molecule has 0 bridgehead atoms. The van der Waals surface area contributed by atoms with Crippen molar-refractivity contribution in [2.45, 2.75) is 6.61 Å². The molecule has 0 atom stereocenters. The lowest BCUT2D eigenvalue weighted by molar-refractivity contribution is 0.0889. The summed E-state index contributed by atoms with van der Waals surface area (Å²) < 4.78 is 16.2. The van der Waals surface area contributed by atoms with Gasteiger partial charge in [0.05, 0.1) is 26.0 Å². The quantitative estimate of drug-likeness (QED) is 0.622. The molecule has 0 fully saturated rings. The Bertz CT molecular complexity index is 529. The first kappa shape index (κ1) is 14.2. The fraction of sp³-hybridized carbons (Fsp3) is 0.250. The molecule has 106 valence electrons. The SMILES string of the molecule is COc1ccc(COCCOc2ccccc2)cc1N. The average Bonchev–Trinajstić information content (AvgIpc) is 2.48. The molecule has 0 aromatic heterocycles. The Labute approximate surface area is 119 Å². The van der Waals surface area contributed by atoms with Crippen LogP contribution >= 0.6 is 0 Å². The van der Waals surface area contributed by atoms with Gasteiger partial charge in [0.2, 0.25) is 0 Å². The number of nitrogens with two attached hydrogens (primary N) is 1. The summed E-state index contributed by atoms with van der Waals surface area (Å²) in [6.45, 7) is 1.56. The van der Waals surface area contributed by atoms with Crippen molar-refractivity contribution >= 4 is 5.69 Å². The molecule has 0 saturated heterocycles. The molecule has 2 N–H and O–H groups in total. The normalized spacial score (nSPS) is 10.2. The van der Waals surface area contributed by atoms with E-state index in [-0.39, 0.29) is 0 Å². The van der Waals surface area contributed by atoms with Gasteiger partial charge in [-0.3, -0.25) is 0 Å². The Hall–Kier alpha value is -2.20. The first-order chi connectivity index (χ1) is 9.79. The molecule has 0 aliphatic rings. The lowest BCUT2D eigenvalue weighted by Gasteiger charge is -2.09. The standard InChI is InChI=1S/C16H19NO3/c1-18-16-8-7-13(11-15(16)17)12-19-9-10-20-14-5-3-2-4-6-14/h2-8,11H,9-10,12,17H2,1H3. The fourth-order valence-corrected chi connectivity index (χ4v) is 1.80. The number of methoxy groups -OCH3 is 1. The van der Waals surface area contributed by atoms with Gasteiger partial charge in [-0.25, -0.2) is 0 Å². The molecule has 0 radical (unpaired) electrons. The van der Waals surface area contributed by atoms with E-state index in [1.807, 2.05) is 48.5 Å². The van der Waals surface area contributed by atoms with Crippen molar-refractivity contribution < 1.29 is 14.2 Å². The molecular weight excluding hydrogens is 254 g/mol. The van der Waals surface area contributed by atoms with E-state index in [9.17, 15) is 0 Å². The van der Waals surface area contributed by atoms with Gasteiger partial charge in [-0.1, -0.05) is 24.3 Å². The summed E-state index contributed by atoms with van der Waals surface area (Å²) in [5, 5.41) is 0. The van der Waals surface area contributed by atoms with Gasteiger partial charge in [0.25, 0.3) is 0 Å². The second kappa shape index (κ2) is 7.40. The number of benzene rings is 2. The fourth-order valence-electron chi connectivity index (χ4n) is 1.80. The van der Waals surface area contributed by atoms with E-state index in [1.165, 1.54) is 0 Å². The molecule has 2 rings (SSSR count). The number of hydrogen-bond donors (Lipinski definition) is 1. The van der Waals surface area contributed by atoms with E-state index in [0.717, 1.165) is 11.3 Å². The van der Waals surface area contributed by atoms with E-state index in [1.54, 1.807) is 7.11 Å². The number of para-hydroxylation sites is 1. The van der Waals surface area contributed by atoms with E-state index >= 15 is 0 Å². The van der Waals surface area contributed by atoms with E-state index in [0.29, 0.717) is 31.3 Å². The van der Waals surface area contributed by atoms with Crippen LogP contribution in [0.4, 0.5) is 5.69 Å². The summed E-state index contributed by atoms with van der Waals surface area (Å²) in [7, 11) is 1.60. The first-order valence-corrected chi connectivity index (χ1v) is 6.47. The van der Waals surface area contributed by atoms with Crippen molar-refractivity contribution in [1.82, 2.24) is 0 Å². The largest absolute Gasteiger partial charge is 0.495 e. The highest BCUT2D eigenvalue weighted by Crippen LogP contribution is 2.22. The van der Waals surface area contributed by atoms with Crippen LogP contribution in [0, 0.1) is 0 Å². The zero-order valence-electron chi connectivity index (χ0n) is 11.5. The molecule has 0 saturated carbocycles. The van der Waals surface area contributed by atoms with Gasteiger partial charge in [0.1, 0.15) is 18.1 Å². The summed E-state index contributed by atoms with van der Waals surface area (Å²) in [5.41, 5.74) is 7.47. The van der Waals surface area contributed by atoms with Crippen molar-refractivity contribution in [2.24, 2.45) is 0 Å². The molecule has 2 aromatic carbocycles. The Morgan fingerprint density at radius 2 is 1.80 bits per heavy atom. The molecule has 4 nitrogen and oxygen atoms in total. The predicted molar refractivity (Wildman–Crippen MR) is 79.0 cm³/mol. The molecule has 2 aromatic rings. The molecular formula is C16H19NO3. The zero-order chi connectivity index (χ0) is 14.2. The first-order valence-electron chi connectivity index (χ1n) is 6.47. The zero-order valence-corrected chi connectivity index (χ0v) is 11.5. The van der Waals surface area contributed by atoms with Crippen LogP contribution in [0.5, 0.6) is 11.5 Å². The van der Waals surface area contributed by atoms with Gasteiger partial charge in [-0.05, 0) is 29.8 Å². The Morgan fingerprint density at radius 3 is 2.50 bits per heavy atom. The summed E-state index contributed by atoms with van der Waals surface area (Å²) in [5.74, 6) is 1.53. The number of hydrogen-bond acceptors (Lipinski definition) is 4. The second-order valence-corrected chi connectivity index (χ2v) is 4.29. The third kappa shape index (κ3) is 4.17. The number of nitrogen functional groups attached to an aromatic ring is 1. The Kier molecular flexibility index (Phi) is 5.26. The van der Waals surface area contributed by atoms with Gasteiger partial charge in [-0.15, -0.1) is 0 Å². The van der Waals surface area contributed by atoms with Crippen LogP contribution in [0.3, 0.4) is 0 Å². The minimum Gasteiger partial charge on any atom is -0.495 e. The van der Waals surface area contributed by atoms with Crippen molar-refractivity contribution in [1.29, 1.82) is 0 Å². The van der Waals surface area contributed by atoms with Crippen molar-refractivity contribution in [3.8, 4) is 11.5 Å². The van der Waals surface area contributed by atoms with Gasteiger partial charge in [-0.2, -0.15) is 0 Å². The molecule has 0 unspecified atom stereocenters. The monoisotopic (exact) mass is 273 g/mol. The van der Waals surface area contributed by atoms with E-state index in [4.69, 9.17) is 19.9 Å². The highest BCUT2D eigenvalue weighted by molar-refractivity contribution is 5.54. The molecule has 0 aliphatic carbocycles. The van der Waals surface area contributed by atoms with Crippen molar-refractivity contribution in [2.75, 3.05) is 26.1 Å². The Morgan fingerprint density at radius 1 is 1.00 bits per heavy atom. The molecule has 0 heterocycles. The van der Waals surface area contributed by atoms with Gasteiger partial charge >= 0.3 is 0 Å². The molecule has 4 heteroatoms. The van der Waals surface area contributed by atoms with E-state index < -0.39 is 0 Å². The van der Waals surface area contributed by atoms with Crippen LogP contribution in [0.1, 0.15) is 5.56 Å². The highest BCUT2D eigenvalue weighted by atomic mass is 16.5. The van der Waals surface area contributed by atoms with Crippen molar-refractivity contribution in [3.63, 3.8) is 0 Å². The van der Waals surface area contributed by atoms with Gasteiger partial charge < -0.3 is 19.9 Å². The lowest BCUT2D eigenvalue weighted by atomic mass is 10.2. The Balaban J connectivity index is 1.69. The van der Waals surface area contributed by atoms with E-state index in [2.05, 4.69) is 0 Å². The third-order valence-electron chi connectivity index (χ3n) is 2.80. The molecule has 20 heavy (non-hydrogen) atoms. The van der Waals surface area contributed by atoms with Crippen LogP contribution in [0.2, 0.25) is 0 Å². The minimum absolute atomic E-state index is 0.506. The number of rotatable bonds is 7. The van der Waals surface area contributed by atoms with Crippen LogP contribution in [-0.2, 0) is 11.3 Å². The van der Waals surface area contributed by atoms with Crippen LogP contribution < -0.4 is 15.2 Å². The summed E-state index contributed by atoms with van der Waals surface area (Å²) in [4.78, 5) is 0. The van der Waals surface area contributed by atoms with Gasteiger partial charge in [0.15, 0.2) is 0 Å². The highest BCUT2D eigenvalue weighted by Gasteiger charge is 2.01.